The van der Waals surface area contributed by atoms with Gasteiger partial charge in [0.05, 0.1) is 24.7 Å². The van der Waals surface area contributed by atoms with E-state index < -0.39 is 11.6 Å². The molecular weight excluding hydrogens is 212 g/mol. The van der Waals surface area contributed by atoms with Gasteiger partial charge in [-0.15, -0.1) is 0 Å². The molecule has 0 amide bonds. The van der Waals surface area contributed by atoms with Crippen molar-refractivity contribution < 1.29 is 13.8 Å². The normalized spacial score (nSPS) is 23.0. The van der Waals surface area contributed by atoms with Crippen LogP contribution in [0.5, 0.6) is 0 Å². The molecule has 0 spiro atoms. The molecule has 1 fully saturated rings. The number of hydrogen-bond donors (Lipinski definition) is 2. The molecule has 2 aliphatic rings. The lowest BCUT2D eigenvalue weighted by Crippen LogP contribution is -3.15. The summed E-state index contributed by atoms with van der Waals surface area (Å²) < 4.78 is 26.4. The fraction of sp³-hybridized carbons (Fsp3) is 0.182. The zero-order valence-electron chi connectivity index (χ0n) is 8.43. The van der Waals surface area contributed by atoms with E-state index in [0.717, 1.165) is 29.9 Å². The van der Waals surface area contributed by atoms with E-state index in [2.05, 4.69) is 10.4 Å². The van der Waals surface area contributed by atoms with Gasteiger partial charge in [-0.2, -0.15) is 10.4 Å². The topological polar surface area (TPSA) is 28.8 Å². The molecule has 3 rings (SSSR count). The Balaban J connectivity index is 2.00. The molecule has 1 saturated heterocycles. The minimum Gasteiger partial charge on any atom is -0.207 e. The molecule has 5 heteroatoms. The number of aliphatic imine (C=N–C) groups is 1. The summed E-state index contributed by atoms with van der Waals surface area (Å²) in [6, 6.07) is 3.60. The van der Waals surface area contributed by atoms with Crippen molar-refractivity contribution >= 4 is 11.5 Å². The Hall–Kier alpha value is -1.59. The fourth-order valence-corrected chi connectivity index (χ4v) is 2.03. The van der Waals surface area contributed by atoms with Crippen LogP contribution in [0.1, 0.15) is 12.0 Å². The minimum absolute atomic E-state index is 0.393. The molecule has 1 aromatic rings. The average molecular weight is 222 g/mol. The summed E-state index contributed by atoms with van der Waals surface area (Å²) in [4.78, 5) is 4.21. The average Bonchev–Trinajstić information content (AvgIpc) is 2.80. The summed E-state index contributed by atoms with van der Waals surface area (Å²) in [6.45, 7) is 0.828. The number of quaternary nitrogens is 1. The molecule has 2 N–H and O–H groups in total. The Kier molecular flexibility index (Phi) is 2.08. The van der Waals surface area contributed by atoms with Crippen molar-refractivity contribution in [3.05, 3.63) is 41.6 Å². The first-order valence-corrected chi connectivity index (χ1v) is 5.09. The zero-order valence-corrected chi connectivity index (χ0v) is 8.43. The van der Waals surface area contributed by atoms with Crippen molar-refractivity contribution in [3.63, 3.8) is 0 Å². The third-order valence-electron chi connectivity index (χ3n) is 2.79. The third-order valence-corrected chi connectivity index (χ3v) is 2.79. The Morgan fingerprint density at radius 1 is 1.31 bits per heavy atom. The lowest BCUT2D eigenvalue weighted by Gasteiger charge is -2.11. The van der Waals surface area contributed by atoms with Gasteiger partial charge in [-0.05, 0) is 12.1 Å². The van der Waals surface area contributed by atoms with E-state index >= 15 is 0 Å². The van der Waals surface area contributed by atoms with Crippen LogP contribution in [0.3, 0.4) is 0 Å². The predicted molar refractivity (Wildman–Crippen MR) is 55.4 cm³/mol. The van der Waals surface area contributed by atoms with Gasteiger partial charge in [0.2, 0.25) is 5.84 Å². The Morgan fingerprint density at radius 2 is 2.19 bits per heavy atom. The summed E-state index contributed by atoms with van der Waals surface area (Å²) >= 11 is 0. The number of benzene rings is 1. The number of fused-ring (bicyclic) bond motifs is 1. The van der Waals surface area contributed by atoms with Gasteiger partial charge in [0, 0.05) is 6.07 Å². The van der Waals surface area contributed by atoms with Crippen LogP contribution in [-0.2, 0) is 0 Å². The minimum atomic E-state index is -0.564. The molecule has 0 aliphatic carbocycles. The molecular formula is C11H10F2N3+. The van der Waals surface area contributed by atoms with Crippen LogP contribution in [0, 0.1) is 11.6 Å². The summed E-state index contributed by atoms with van der Waals surface area (Å²) in [6.07, 6.45) is 2.49. The van der Waals surface area contributed by atoms with E-state index in [1.807, 2.05) is 0 Å². The lowest BCUT2D eigenvalue weighted by molar-refractivity contribution is -0.766. The molecule has 82 valence electrons. The highest BCUT2D eigenvalue weighted by molar-refractivity contribution is 5.84. The van der Waals surface area contributed by atoms with Gasteiger partial charge in [-0.25, -0.2) is 13.8 Å². The quantitative estimate of drug-likeness (QED) is 0.710. The molecule has 2 aliphatic heterocycles. The van der Waals surface area contributed by atoms with E-state index in [-0.39, 0.29) is 0 Å². The van der Waals surface area contributed by atoms with Gasteiger partial charge >= 0.3 is 0 Å². The SMILES string of the molecule is Fc1ccc(C2=CN=C3CCN[NH+]23)c(F)c1. The van der Waals surface area contributed by atoms with Crippen LogP contribution in [0.25, 0.3) is 5.70 Å². The maximum Gasteiger partial charge on any atom is 0.227 e. The summed E-state index contributed by atoms with van der Waals surface area (Å²) in [5.74, 6) is -0.159. The summed E-state index contributed by atoms with van der Waals surface area (Å²) in [5.41, 5.74) is 4.27. The molecule has 1 atom stereocenters. The largest absolute Gasteiger partial charge is 0.227 e. The first-order chi connectivity index (χ1) is 7.75. The third kappa shape index (κ3) is 1.36. The van der Waals surface area contributed by atoms with Crippen molar-refractivity contribution in [1.29, 1.82) is 0 Å². The number of nitrogens with zero attached hydrogens (tertiary/aromatic N) is 1. The van der Waals surface area contributed by atoms with Crippen LogP contribution in [0.15, 0.2) is 29.4 Å². The fourth-order valence-electron chi connectivity index (χ4n) is 2.03. The first-order valence-electron chi connectivity index (χ1n) is 5.09. The molecule has 0 bridgehead atoms. The highest BCUT2D eigenvalue weighted by Gasteiger charge is 2.34. The Labute approximate surface area is 91.1 Å². The predicted octanol–water partition coefficient (Wildman–Crippen LogP) is 0.469. The van der Waals surface area contributed by atoms with Gasteiger partial charge in [-0.3, -0.25) is 0 Å². The number of halogens is 2. The standard InChI is InChI=1S/C11H9F2N3/c12-7-1-2-8(9(13)5-7)10-6-14-11-3-4-15-16(10)11/h1-2,5-6,15H,3-4H2/p+1. The van der Waals surface area contributed by atoms with Crippen molar-refractivity contribution in [2.24, 2.45) is 4.99 Å². The van der Waals surface area contributed by atoms with Crippen molar-refractivity contribution in [1.82, 2.24) is 5.43 Å². The van der Waals surface area contributed by atoms with Gasteiger partial charge in [-0.1, -0.05) is 0 Å². The number of nitrogens with one attached hydrogen (secondary N) is 2. The zero-order chi connectivity index (χ0) is 11.1. The van der Waals surface area contributed by atoms with Gasteiger partial charge < -0.3 is 0 Å². The van der Waals surface area contributed by atoms with E-state index in [1.165, 1.54) is 12.1 Å². The molecule has 3 nitrogen and oxygen atoms in total. The smallest absolute Gasteiger partial charge is 0.207 e. The molecule has 1 aromatic carbocycles. The maximum absolute atomic E-state index is 13.6. The van der Waals surface area contributed by atoms with E-state index in [0.29, 0.717) is 11.3 Å². The highest BCUT2D eigenvalue weighted by atomic mass is 19.1. The number of amidine groups is 1. The Bertz CT molecular complexity index is 508. The van der Waals surface area contributed by atoms with Crippen LogP contribution in [0.2, 0.25) is 0 Å². The Morgan fingerprint density at radius 3 is 3.00 bits per heavy atom. The van der Waals surface area contributed by atoms with Crippen LogP contribution >= 0.6 is 0 Å². The second kappa shape index (κ2) is 3.47. The van der Waals surface area contributed by atoms with Gasteiger partial charge in [0.25, 0.3) is 0 Å². The van der Waals surface area contributed by atoms with Gasteiger partial charge in [0.15, 0.2) is 5.70 Å². The van der Waals surface area contributed by atoms with Crippen LogP contribution < -0.4 is 10.4 Å². The molecule has 0 radical (unpaired) electrons. The van der Waals surface area contributed by atoms with Crippen molar-refractivity contribution in [3.8, 4) is 0 Å². The van der Waals surface area contributed by atoms with E-state index in [9.17, 15) is 8.78 Å². The lowest BCUT2D eigenvalue weighted by atomic mass is 10.1. The van der Waals surface area contributed by atoms with E-state index in [1.54, 1.807) is 6.20 Å². The summed E-state index contributed by atoms with van der Waals surface area (Å²) in [7, 11) is 0. The van der Waals surface area contributed by atoms with Crippen molar-refractivity contribution in [2.45, 2.75) is 6.42 Å². The second-order valence-electron chi connectivity index (χ2n) is 3.79. The van der Waals surface area contributed by atoms with Gasteiger partial charge in [0.1, 0.15) is 11.6 Å². The molecule has 2 heterocycles. The monoisotopic (exact) mass is 222 g/mol. The first kappa shape index (κ1) is 9.62. The molecule has 0 saturated carbocycles. The number of rotatable bonds is 1. The van der Waals surface area contributed by atoms with Crippen molar-refractivity contribution in [2.75, 3.05) is 6.54 Å². The maximum atomic E-state index is 13.6. The number of hydrogen-bond acceptors (Lipinski definition) is 2. The van der Waals surface area contributed by atoms with Crippen LogP contribution in [-0.4, -0.2) is 12.4 Å². The molecule has 16 heavy (non-hydrogen) atoms. The summed E-state index contributed by atoms with van der Waals surface area (Å²) in [5, 5.41) is 0.880. The molecule has 0 aromatic heterocycles. The van der Waals surface area contributed by atoms with Crippen LogP contribution in [0.4, 0.5) is 8.78 Å². The second-order valence-corrected chi connectivity index (χ2v) is 3.79. The highest BCUT2D eigenvalue weighted by Crippen LogP contribution is 2.17. The molecule has 1 unspecified atom stereocenters. The van der Waals surface area contributed by atoms with E-state index in [4.69, 9.17) is 0 Å².